The van der Waals surface area contributed by atoms with Crippen molar-refractivity contribution in [3.63, 3.8) is 0 Å². The average Bonchev–Trinajstić information content (AvgIpc) is 2.38. The predicted octanol–water partition coefficient (Wildman–Crippen LogP) is 3.34. The fraction of sp³-hybridized carbons (Fsp3) is 0.625. The zero-order valence-electron chi connectivity index (χ0n) is 12.7. The molecule has 0 spiro atoms. The molecule has 1 aliphatic rings. The van der Waals surface area contributed by atoms with Crippen molar-refractivity contribution in [1.82, 2.24) is 10.2 Å². The maximum absolute atomic E-state index is 13.8. The van der Waals surface area contributed by atoms with Crippen molar-refractivity contribution >= 4 is 0 Å². The van der Waals surface area contributed by atoms with Gasteiger partial charge in [-0.1, -0.05) is 6.92 Å². The molecule has 1 aliphatic heterocycles. The lowest BCUT2D eigenvalue weighted by atomic mass is 9.89. The Morgan fingerprint density at radius 1 is 1.30 bits per heavy atom. The quantitative estimate of drug-likeness (QED) is 0.914. The van der Waals surface area contributed by atoms with E-state index in [0.717, 1.165) is 19.0 Å². The van der Waals surface area contributed by atoms with E-state index < -0.39 is 0 Å². The van der Waals surface area contributed by atoms with Gasteiger partial charge in [-0.3, -0.25) is 0 Å². The number of halogens is 2. The summed E-state index contributed by atoms with van der Waals surface area (Å²) < 4.78 is 27.1. The van der Waals surface area contributed by atoms with E-state index in [1.165, 1.54) is 12.1 Å². The van der Waals surface area contributed by atoms with Crippen molar-refractivity contribution < 1.29 is 8.78 Å². The van der Waals surface area contributed by atoms with Gasteiger partial charge >= 0.3 is 0 Å². The van der Waals surface area contributed by atoms with Gasteiger partial charge in [-0.05, 0) is 51.4 Å². The second-order valence-electron chi connectivity index (χ2n) is 6.16. The Morgan fingerprint density at radius 3 is 2.70 bits per heavy atom. The number of likely N-dealkylation sites (tertiary alicyclic amines) is 1. The predicted molar refractivity (Wildman–Crippen MR) is 77.6 cm³/mol. The van der Waals surface area contributed by atoms with Crippen molar-refractivity contribution in [2.24, 2.45) is 5.92 Å². The Kier molecular flexibility index (Phi) is 4.76. The highest BCUT2D eigenvalue weighted by Crippen LogP contribution is 2.25. The molecule has 2 rings (SSSR count). The van der Waals surface area contributed by atoms with E-state index in [2.05, 4.69) is 31.1 Å². The molecule has 1 saturated heterocycles. The molecule has 0 bridgehead atoms. The molecule has 112 valence electrons. The van der Waals surface area contributed by atoms with Crippen molar-refractivity contribution in [2.45, 2.75) is 45.3 Å². The molecule has 1 N–H and O–H groups in total. The largest absolute Gasteiger partial charge is 0.307 e. The Hall–Kier alpha value is -1.00. The first-order chi connectivity index (χ1) is 9.38. The lowest BCUT2D eigenvalue weighted by molar-refractivity contribution is 0.116. The minimum atomic E-state index is -0.389. The van der Waals surface area contributed by atoms with E-state index in [9.17, 15) is 8.78 Å². The van der Waals surface area contributed by atoms with E-state index >= 15 is 0 Å². The van der Waals surface area contributed by atoms with Gasteiger partial charge in [-0.15, -0.1) is 0 Å². The number of nitrogens with zero attached hydrogens (tertiary/aromatic N) is 1. The highest BCUT2D eigenvalue weighted by molar-refractivity contribution is 5.22. The van der Waals surface area contributed by atoms with Crippen LogP contribution in [0.4, 0.5) is 8.78 Å². The molecule has 20 heavy (non-hydrogen) atoms. The van der Waals surface area contributed by atoms with E-state index in [4.69, 9.17) is 0 Å². The van der Waals surface area contributed by atoms with Gasteiger partial charge in [0.05, 0.1) is 0 Å². The van der Waals surface area contributed by atoms with Gasteiger partial charge in [0.2, 0.25) is 0 Å². The molecule has 0 radical (unpaired) electrons. The van der Waals surface area contributed by atoms with E-state index in [1.807, 2.05) is 6.92 Å². The monoisotopic (exact) mass is 282 g/mol. The third-order valence-corrected chi connectivity index (χ3v) is 4.50. The van der Waals surface area contributed by atoms with Crippen LogP contribution >= 0.6 is 0 Å². The number of piperidine rings is 1. The number of nitrogens with one attached hydrogen (secondary N) is 1. The molecule has 4 heteroatoms. The summed E-state index contributed by atoms with van der Waals surface area (Å²) in [5, 5.41) is 3.47. The molecule has 2 nitrogen and oxygen atoms in total. The normalized spacial score (nSPS) is 29.4. The maximum atomic E-state index is 13.8. The minimum absolute atomic E-state index is 0.186. The fourth-order valence-electron chi connectivity index (χ4n) is 3.03. The molecule has 4 atom stereocenters. The van der Waals surface area contributed by atoms with Crippen LogP contribution in [-0.2, 0) is 0 Å². The summed E-state index contributed by atoms with van der Waals surface area (Å²) in [5.41, 5.74) is 0.406. The van der Waals surface area contributed by atoms with Crippen LogP contribution in [0.1, 0.15) is 38.8 Å². The van der Waals surface area contributed by atoms with Crippen molar-refractivity contribution in [3.05, 3.63) is 35.4 Å². The van der Waals surface area contributed by atoms with Gasteiger partial charge in [0.25, 0.3) is 0 Å². The second-order valence-corrected chi connectivity index (χ2v) is 6.16. The summed E-state index contributed by atoms with van der Waals surface area (Å²) in [6.45, 7) is 7.33. The van der Waals surface area contributed by atoms with Crippen LogP contribution in [0.2, 0.25) is 0 Å². The van der Waals surface area contributed by atoms with Gasteiger partial charge < -0.3 is 10.2 Å². The van der Waals surface area contributed by atoms with Gasteiger partial charge in [-0.2, -0.15) is 0 Å². The lowest BCUT2D eigenvalue weighted by Gasteiger charge is -2.41. The summed E-state index contributed by atoms with van der Waals surface area (Å²) in [5.74, 6) is -0.241. The van der Waals surface area contributed by atoms with Crippen LogP contribution in [0.15, 0.2) is 18.2 Å². The van der Waals surface area contributed by atoms with E-state index in [-0.39, 0.29) is 17.7 Å². The fourth-order valence-corrected chi connectivity index (χ4v) is 3.03. The first-order valence-electron chi connectivity index (χ1n) is 7.29. The van der Waals surface area contributed by atoms with Crippen molar-refractivity contribution in [1.29, 1.82) is 0 Å². The third-order valence-electron chi connectivity index (χ3n) is 4.50. The Balaban J connectivity index is 2.07. The molecule has 1 fully saturated rings. The van der Waals surface area contributed by atoms with E-state index in [1.54, 1.807) is 0 Å². The molecule has 0 amide bonds. The molecule has 1 aromatic carbocycles. The highest BCUT2D eigenvalue weighted by Gasteiger charge is 2.30. The van der Waals surface area contributed by atoms with Gasteiger partial charge in [-0.25, -0.2) is 8.78 Å². The minimum Gasteiger partial charge on any atom is -0.307 e. The van der Waals surface area contributed by atoms with Crippen molar-refractivity contribution in [2.75, 3.05) is 13.6 Å². The van der Waals surface area contributed by atoms with Crippen LogP contribution < -0.4 is 5.32 Å². The summed E-state index contributed by atoms with van der Waals surface area (Å²) >= 11 is 0. The van der Waals surface area contributed by atoms with Crippen molar-refractivity contribution in [3.8, 4) is 0 Å². The number of hydrogen-bond acceptors (Lipinski definition) is 2. The maximum Gasteiger partial charge on any atom is 0.128 e. The van der Waals surface area contributed by atoms with Crippen LogP contribution in [0.3, 0.4) is 0 Å². The van der Waals surface area contributed by atoms with E-state index in [0.29, 0.717) is 23.6 Å². The Labute approximate surface area is 120 Å². The van der Waals surface area contributed by atoms with Gasteiger partial charge in [0.15, 0.2) is 0 Å². The molecule has 1 heterocycles. The van der Waals surface area contributed by atoms with Crippen LogP contribution in [0.25, 0.3) is 0 Å². The zero-order valence-corrected chi connectivity index (χ0v) is 12.7. The molecule has 1 aromatic rings. The number of rotatable bonds is 3. The Bertz CT molecular complexity index is 464. The first kappa shape index (κ1) is 15.4. The lowest BCUT2D eigenvalue weighted by Crippen LogP contribution is -2.51. The average molecular weight is 282 g/mol. The molecule has 4 unspecified atom stereocenters. The zero-order chi connectivity index (χ0) is 14.9. The molecular weight excluding hydrogens is 258 g/mol. The van der Waals surface area contributed by atoms with Crippen LogP contribution in [0, 0.1) is 17.6 Å². The smallest absolute Gasteiger partial charge is 0.128 e. The standard InChI is InChI=1S/C16H24F2N2/c1-10-9-20(4)11(2)7-16(10)19-12(3)14-8-13(17)5-6-15(14)18/h5-6,8,10-12,16,19H,7,9H2,1-4H3. The summed E-state index contributed by atoms with van der Waals surface area (Å²) in [6.07, 6.45) is 1.03. The first-order valence-corrected chi connectivity index (χ1v) is 7.29. The number of benzene rings is 1. The second kappa shape index (κ2) is 6.19. The van der Waals surface area contributed by atoms with Gasteiger partial charge in [0, 0.05) is 30.2 Å². The molecular formula is C16H24F2N2. The Morgan fingerprint density at radius 2 is 2.00 bits per heavy atom. The molecule has 0 aromatic heterocycles. The highest BCUT2D eigenvalue weighted by atomic mass is 19.1. The summed E-state index contributed by atoms with van der Waals surface area (Å²) in [7, 11) is 2.13. The molecule has 0 aliphatic carbocycles. The van der Waals surface area contributed by atoms with Gasteiger partial charge in [0.1, 0.15) is 11.6 Å². The van der Waals surface area contributed by atoms with Crippen LogP contribution in [-0.4, -0.2) is 30.6 Å². The SMILES string of the molecule is CC(NC1CC(C)N(C)CC1C)c1cc(F)ccc1F. The summed E-state index contributed by atoms with van der Waals surface area (Å²) in [6, 6.07) is 4.30. The topological polar surface area (TPSA) is 15.3 Å². The van der Waals surface area contributed by atoms with Crippen LogP contribution in [0.5, 0.6) is 0 Å². The summed E-state index contributed by atoms with van der Waals surface area (Å²) in [4.78, 5) is 2.34. The molecule has 0 saturated carbocycles. The third kappa shape index (κ3) is 3.36. The number of hydrogen-bond donors (Lipinski definition) is 1.